The third-order valence-electron chi connectivity index (χ3n) is 5.30. The van der Waals surface area contributed by atoms with E-state index in [9.17, 15) is 4.79 Å². The number of amides is 1. The normalized spacial score (nSPS) is 10.7. The van der Waals surface area contributed by atoms with Gasteiger partial charge in [0.25, 0.3) is 0 Å². The first kappa shape index (κ1) is 21.3. The topological polar surface area (TPSA) is 76.2 Å². The lowest BCUT2D eigenvalue weighted by molar-refractivity contribution is 0.200. The Morgan fingerprint density at radius 2 is 1.47 bits per heavy atom. The van der Waals surface area contributed by atoms with E-state index in [2.05, 4.69) is 15.3 Å². The molecule has 0 bridgehead atoms. The molecule has 5 rings (SSSR count). The Hall–Kier alpha value is -4.58. The number of hydrogen-bond donors (Lipinski definition) is 2. The van der Waals surface area contributed by atoms with E-state index in [1.165, 1.54) is 0 Å². The smallest absolute Gasteiger partial charge is 0.412 e. The Balaban J connectivity index is 1.21. The summed E-state index contributed by atoms with van der Waals surface area (Å²) in [6, 6.07) is 32.7. The highest BCUT2D eigenvalue weighted by molar-refractivity contribution is 5.82. The Morgan fingerprint density at radius 3 is 2.24 bits per heavy atom. The van der Waals surface area contributed by atoms with Crippen LogP contribution in [0.3, 0.4) is 0 Å². The molecule has 4 aromatic carbocycles. The Kier molecular flexibility index (Phi) is 6.21. The fourth-order valence-corrected chi connectivity index (χ4v) is 3.59. The molecule has 1 aromatic heterocycles. The zero-order valence-electron chi connectivity index (χ0n) is 18.4. The van der Waals surface area contributed by atoms with Crippen molar-refractivity contribution in [2.45, 2.75) is 6.42 Å². The highest BCUT2D eigenvalue weighted by Crippen LogP contribution is 2.27. The first-order chi connectivity index (χ1) is 16.7. The summed E-state index contributed by atoms with van der Waals surface area (Å²) in [6.07, 6.45) is 0.262. The summed E-state index contributed by atoms with van der Waals surface area (Å²) in [6.45, 7) is 0.503. The minimum Gasteiger partial charge on any atom is -0.457 e. The predicted molar refractivity (Wildman–Crippen MR) is 132 cm³/mol. The third-order valence-corrected chi connectivity index (χ3v) is 5.30. The van der Waals surface area contributed by atoms with Crippen LogP contribution in [0.25, 0.3) is 22.4 Å². The maximum absolute atomic E-state index is 12.2. The van der Waals surface area contributed by atoms with Crippen molar-refractivity contribution >= 4 is 17.1 Å². The molecule has 34 heavy (non-hydrogen) atoms. The lowest BCUT2D eigenvalue weighted by atomic mass is 10.1. The van der Waals surface area contributed by atoms with E-state index in [4.69, 9.17) is 9.47 Å². The van der Waals surface area contributed by atoms with Crippen molar-refractivity contribution in [3.63, 3.8) is 0 Å². The van der Waals surface area contributed by atoms with Crippen LogP contribution in [0.1, 0.15) is 5.56 Å². The van der Waals surface area contributed by atoms with Crippen LogP contribution < -0.4 is 14.8 Å². The average Bonchev–Trinajstić information content (AvgIpc) is 3.29. The van der Waals surface area contributed by atoms with Gasteiger partial charge in [0.1, 0.15) is 23.1 Å². The Bertz CT molecular complexity index is 1380. The van der Waals surface area contributed by atoms with E-state index in [1.54, 1.807) is 12.1 Å². The van der Waals surface area contributed by atoms with Gasteiger partial charge in [-0.15, -0.1) is 0 Å². The second-order valence-electron chi connectivity index (χ2n) is 7.76. The summed E-state index contributed by atoms with van der Waals surface area (Å²) < 4.78 is 11.3. The van der Waals surface area contributed by atoms with Crippen LogP contribution in [0.2, 0.25) is 0 Å². The number of fused-ring (bicyclic) bond motifs is 1. The van der Waals surface area contributed by atoms with Gasteiger partial charge < -0.3 is 19.8 Å². The van der Waals surface area contributed by atoms with Crippen molar-refractivity contribution in [3.8, 4) is 28.6 Å². The number of imidazole rings is 1. The molecule has 0 saturated carbocycles. The number of hydrogen-bond acceptors (Lipinski definition) is 4. The summed E-state index contributed by atoms with van der Waals surface area (Å²) in [5.74, 6) is 2.72. The van der Waals surface area contributed by atoms with Crippen LogP contribution in [-0.2, 0) is 6.42 Å². The molecule has 1 amide bonds. The second kappa shape index (κ2) is 9.92. The van der Waals surface area contributed by atoms with Gasteiger partial charge in [-0.2, -0.15) is 0 Å². The summed E-state index contributed by atoms with van der Waals surface area (Å²) in [7, 11) is 0. The molecule has 0 aliphatic rings. The van der Waals surface area contributed by atoms with Gasteiger partial charge in [0.15, 0.2) is 0 Å². The number of nitrogens with one attached hydrogen (secondary N) is 2. The SMILES string of the molecule is O=C(NCCc1ccccc1)Oc1ccc2nc(-c3ccc(Oc4ccccc4)cc3)[nH]c2c1. The number of para-hydroxylation sites is 1. The average molecular weight is 450 g/mol. The summed E-state index contributed by atoms with van der Waals surface area (Å²) in [4.78, 5) is 20.1. The van der Waals surface area contributed by atoms with Gasteiger partial charge in [-0.05, 0) is 60.5 Å². The van der Waals surface area contributed by atoms with Gasteiger partial charge in [0, 0.05) is 18.2 Å². The van der Waals surface area contributed by atoms with Gasteiger partial charge in [-0.3, -0.25) is 0 Å². The molecule has 168 valence electrons. The number of H-pyrrole nitrogens is 1. The monoisotopic (exact) mass is 449 g/mol. The molecule has 0 atom stereocenters. The van der Waals surface area contributed by atoms with Crippen LogP contribution in [0, 0.1) is 0 Å². The van der Waals surface area contributed by atoms with Gasteiger partial charge >= 0.3 is 6.09 Å². The maximum atomic E-state index is 12.2. The van der Waals surface area contributed by atoms with Crippen molar-refractivity contribution in [3.05, 3.63) is 109 Å². The highest BCUT2D eigenvalue weighted by atomic mass is 16.6. The fraction of sp³-hybridized carbons (Fsp3) is 0.0714. The molecular weight excluding hydrogens is 426 g/mol. The number of rotatable bonds is 7. The van der Waals surface area contributed by atoms with Crippen LogP contribution in [-0.4, -0.2) is 22.6 Å². The number of aromatic amines is 1. The van der Waals surface area contributed by atoms with Crippen LogP contribution in [0.5, 0.6) is 17.2 Å². The van der Waals surface area contributed by atoms with Crippen molar-refractivity contribution < 1.29 is 14.3 Å². The molecule has 0 aliphatic carbocycles. The first-order valence-corrected chi connectivity index (χ1v) is 11.1. The zero-order chi connectivity index (χ0) is 23.2. The molecule has 0 spiro atoms. The minimum atomic E-state index is -0.482. The van der Waals surface area contributed by atoms with Gasteiger partial charge in [-0.1, -0.05) is 48.5 Å². The van der Waals surface area contributed by atoms with E-state index >= 15 is 0 Å². The molecule has 0 radical (unpaired) electrons. The van der Waals surface area contributed by atoms with Crippen molar-refractivity contribution in [2.24, 2.45) is 0 Å². The third kappa shape index (κ3) is 5.24. The van der Waals surface area contributed by atoms with E-state index in [0.29, 0.717) is 12.3 Å². The molecule has 1 heterocycles. The molecule has 0 saturated heterocycles. The molecule has 0 unspecified atom stereocenters. The van der Waals surface area contributed by atoms with Gasteiger partial charge in [0.2, 0.25) is 0 Å². The van der Waals surface area contributed by atoms with Crippen LogP contribution in [0.15, 0.2) is 103 Å². The largest absolute Gasteiger partial charge is 0.457 e. The number of nitrogens with zero attached hydrogens (tertiary/aromatic N) is 1. The van der Waals surface area contributed by atoms with E-state index in [0.717, 1.165) is 45.9 Å². The molecular formula is C28H23N3O3. The van der Waals surface area contributed by atoms with Crippen molar-refractivity contribution in [1.82, 2.24) is 15.3 Å². The summed E-state index contributed by atoms with van der Waals surface area (Å²) >= 11 is 0. The lowest BCUT2D eigenvalue weighted by Gasteiger charge is -2.06. The number of ether oxygens (including phenoxy) is 2. The number of carbonyl (C=O) groups is 1. The summed E-state index contributed by atoms with van der Waals surface area (Å²) in [5, 5.41) is 2.78. The van der Waals surface area contributed by atoms with E-state index in [-0.39, 0.29) is 0 Å². The van der Waals surface area contributed by atoms with E-state index in [1.807, 2.05) is 91.0 Å². The predicted octanol–water partition coefficient (Wildman–Crippen LogP) is 6.35. The molecule has 6 heteroatoms. The van der Waals surface area contributed by atoms with Gasteiger partial charge in [0.05, 0.1) is 11.0 Å². The second-order valence-corrected chi connectivity index (χ2v) is 7.76. The maximum Gasteiger partial charge on any atom is 0.412 e. The molecule has 0 fully saturated rings. The fourth-order valence-electron chi connectivity index (χ4n) is 3.59. The molecule has 5 aromatic rings. The minimum absolute atomic E-state index is 0.450. The Morgan fingerprint density at radius 1 is 0.794 bits per heavy atom. The van der Waals surface area contributed by atoms with Crippen molar-refractivity contribution in [1.29, 1.82) is 0 Å². The molecule has 6 nitrogen and oxygen atoms in total. The first-order valence-electron chi connectivity index (χ1n) is 11.1. The van der Waals surface area contributed by atoms with Gasteiger partial charge in [-0.25, -0.2) is 9.78 Å². The lowest BCUT2D eigenvalue weighted by Crippen LogP contribution is -2.28. The Labute approximate surface area is 197 Å². The molecule has 2 N–H and O–H groups in total. The number of aromatic nitrogens is 2. The zero-order valence-corrected chi connectivity index (χ0v) is 18.4. The highest BCUT2D eigenvalue weighted by Gasteiger charge is 2.09. The quantitative estimate of drug-likeness (QED) is 0.303. The standard InChI is InChI=1S/C28H23N3O3/c32-28(29-18-17-20-7-3-1-4-8-20)34-24-15-16-25-26(19-24)31-27(30-25)21-11-13-23(14-12-21)33-22-9-5-2-6-10-22/h1-16,19H,17-18H2,(H,29,32)(H,30,31). The van der Waals surface area contributed by atoms with Crippen LogP contribution >= 0.6 is 0 Å². The van der Waals surface area contributed by atoms with Crippen LogP contribution in [0.4, 0.5) is 4.79 Å². The molecule has 0 aliphatic heterocycles. The van der Waals surface area contributed by atoms with E-state index < -0.39 is 6.09 Å². The van der Waals surface area contributed by atoms with Crippen molar-refractivity contribution in [2.75, 3.05) is 6.54 Å². The number of benzene rings is 4. The summed E-state index contributed by atoms with van der Waals surface area (Å²) in [5.41, 5.74) is 3.66. The number of carbonyl (C=O) groups excluding carboxylic acids is 1.